The van der Waals surface area contributed by atoms with Crippen molar-refractivity contribution in [1.82, 2.24) is 10.3 Å². The van der Waals surface area contributed by atoms with Crippen LogP contribution in [-0.4, -0.2) is 11.5 Å². The number of hydrogen-bond acceptors (Lipinski definition) is 3. The van der Waals surface area contributed by atoms with Gasteiger partial charge in [0.1, 0.15) is 5.75 Å². The highest BCUT2D eigenvalue weighted by atomic mass is 35.5. The molecule has 1 N–H and O–H groups in total. The van der Waals surface area contributed by atoms with Crippen LogP contribution in [0.3, 0.4) is 0 Å². The molecule has 0 aliphatic carbocycles. The second-order valence-corrected chi connectivity index (χ2v) is 5.53. The van der Waals surface area contributed by atoms with Gasteiger partial charge in [-0.05, 0) is 62.7 Å². The van der Waals surface area contributed by atoms with Gasteiger partial charge in [0.2, 0.25) is 5.88 Å². The summed E-state index contributed by atoms with van der Waals surface area (Å²) in [6, 6.07) is 9.41. The Morgan fingerprint density at radius 1 is 1.19 bits per heavy atom. The lowest BCUT2D eigenvalue weighted by Crippen LogP contribution is -2.16. The summed E-state index contributed by atoms with van der Waals surface area (Å²) in [7, 11) is 0. The van der Waals surface area contributed by atoms with Crippen LogP contribution in [0.2, 0.25) is 5.02 Å². The van der Waals surface area contributed by atoms with E-state index in [0.29, 0.717) is 10.9 Å². The summed E-state index contributed by atoms with van der Waals surface area (Å²) in [5.74, 6) is 1.41. The lowest BCUT2D eigenvalue weighted by molar-refractivity contribution is 0.450. The minimum Gasteiger partial charge on any atom is -0.439 e. The molecule has 0 radical (unpaired) electrons. The van der Waals surface area contributed by atoms with Gasteiger partial charge < -0.3 is 10.1 Å². The van der Waals surface area contributed by atoms with Gasteiger partial charge in [-0.15, -0.1) is 0 Å². The number of hydrogen-bond donors (Lipinski definition) is 1. The van der Waals surface area contributed by atoms with E-state index in [2.05, 4.69) is 30.2 Å². The molecule has 0 spiro atoms. The fourth-order valence-electron chi connectivity index (χ4n) is 2.13. The first-order valence-electron chi connectivity index (χ1n) is 7.21. The number of aryl methyl sites for hydroxylation is 2. The molecule has 112 valence electrons. The number of nitrogens with one attached hydrogen (secondary N) is 1. The Morgan fingerprint density at radius 3 is 2.57 bits per heavy atom. The molecule has 0 saturated heterocycles. The van der Waals surface area contributed by atoms with Gasteiger partial charge in [0.25, 0.3) is 0 Å². The van der Waals surface area contributed by atoms with E-state index in [-0.39, 0.29) is 0 Å². The largest absolute Gasteiger partial charge is 0.439 e. The average molecular weight is 305 g/mol. The highest BCUT2D eigenvalue weighted by Crippen LogP contribution is 2.27. The molecule has 0 aliphatic rings. The van der Waals surface area contributed by atoms with Crippen molar-refractivity contribution in [1.29, 1.82) is 0 Å². The zero-order valence-corrected chi connectivity index (χ0v) is 13.5. The van der Waals surface area contributed by atoms with Crippen molar-refractivity contribution in [3.63, 3.8) is 0 Å². The van der Waals surface area contributed by atoms with Gasteiger partial charge in [-0.3, -0.25) is 0 Å². The standard InChI is InChI=1S/C17H21ClN2O/c1-4-9-19-11-16-12(2)10-13(3)20-17(16)21-15-7-5-14(18)6-8-15/h5-8,10,19H,4,9,11H2,1-3H3. The molecule has 0 fully saturated rings. The van der Waals surface area contributed by atoms with Crippen LogP contribution in [0.25, 0.3) is 0 Å². The van der Waals surface area contributed by atoms with E-state index in [4.69, 9.17) is 16.3 Å². The predicted molar refractivity (Wildman–Crippen MR) is 87.2 cm³/mol. The molecule has 1 aromatic carbocycles. The van der Waals surface area contributed by atoms with Gasteiger partial charge in [0, 0.05) is 22.8 Å². The zero-order chi connectivity index (χ0) is 15.2. The quantitative estimate of drug-likeness (QED) is 0.789. The molecule has 4 heteroatoms. The third-order valence-corrected chi connectivity index (χ3v) is 3.45. The molecule has 0 unspecified atom stereocenters. The predicted octanol–water partition coefficient (Wildman–Crippen LogP) is 4.64. The van der Waals surface area contributed by atoms with Crippen molar-refractivity contribution in [2.75, 3.05) is 6.54 Å². The molecule has 0 saturated carbocycles. The third-order valence-electron chi connectivity index (χ3n) is 3.19. The fourth-order valence-corrected chi connectivity index (χ4v) is 2.26. The van der Waals surface area contributed by atoms with Crippen LogP contribution in [0, 0.1) is 13.8 Å². The molecule has 2 aromatic rings. The van der Waals surface area contributed by atoms with Crippen LogP contribution in [0.5, 0.6) is 11.6 Å². The first kappa shape index (κ1) is 15.8. The van der Waals surface area contributed by atoms with Crippen LogP contribution in [0.15, 0.2) is 30.3 Å². The van der Waals surface area contributed by atoms with Crippen molar-refractivity contribution >= 4 is 11.6 Å². The summed E-state index contributed by atoms with van der Waals surface area (Å²) in [6.07, 6.45) is 1.10. The number of aromatic nitrogens is 1. The minimum absolute atomic E-state index is 0.665. The molecule has 1 heterocycles. The average Bonchev–Trinajstić information content (AvgIpc) is 2.44. The molecule has 0 aliphatic heterocycles. The molecular weight excluding hydrogens is 284 g/mol. The SMILES string of the molecule is CCCNCc1c(C)cc(C)nc1Oc1ccc(Cl)cc1. The minimum atomic E-state index is 0.665. The van der Waals surface area contributed by atoms with Crippen molar-refractivity contribution in [2.45, 2.75) is 33.7 Å². The zero-order valence-electron chi connectivity index (χ0n) is 12.7. The molecule has 3 nitrogen and oxygen atoms in total. The third kappa shape index (κ3) is 4.45. The molecular formula is C17H21ClN2O. The summed E-state index contributed by atoms with van der Waals surface area (Å²) in [6.45, 7) is 7.96. The van der Waals surface area contributed by atoms with E-state index in [0.717, 1.165) is 36.5 Å². The second-order valence-electron chi connectivity index (χ2n) is 5.10. The summed E-state index contributed by atoms with van der Waals surface area (Å²) in [5.41, 5.74) is 3.25. The number of pyridine rings is 1. The smallest absolute Gasteiger partial charge is 0.224 e. The number of benzene rings is 1. The van der Waals surface area contributed by atoms with Crippen LogP contribution in [-0.2, 0) is 6.54 Å². The maximum absolute atomic E-state index is 5.95. The first-order valence-corrected chi connectivity index (χ1v) is 7.59. The number of halogens is 1. The summed E-state index contributed by atoms with van der Waals surface area (Å²) in [5, 5.41) is 4.10. The lowest BCUT2D eigenvalue weighted by Gasteiger charge is -2.14. The van der Waals surface area contributed by atoms with Gasteiger partial charge in [-0.1, -0.05) is 18.5 Å². The number of rotatable bonds is 6. The van der Waals surface area contributed by atoms with Crippen molar-refractivity contribution in [3.05, 3.63) is 52.2 Å². The number of nitrogens with zero attached hydrogens (tertiary/aromatic N) is 1. The van der Waals surface area contributed by atoms with E-state index in [1.165, 1.54) is 5.56 Å². The first-order chi connectivity index (χ1) is 10.1. The molecule has 0 amide bonds. The van der Waals surface area contributed by atoms with Crippen LogP contribution in [0.1, 0.15) is 30.2 Å². The Balaban J connectivity index is 2.25. The Kier molecular flexibility index (Phi) is 5.59. The summed E-state index contributed by atoms with van der Waals surface area (Å²) in [4.78, 5) is 4.54. The van der Waals surface area contributed by atoms with Crippen LogP contribution in [0.4, 0.5) is 0 Å². The van der Waals surface area contributed by atoms with Crippen molar-refractivity contribution in [2.24, 2.45) is 0 Å². The van der Waals surface area contributed by atoms with Crippen molar-refractivity contribution in [3.8, 4) is 11.6 Å². The van der Waals surface area contributed by atoms with Gasteiger partial charge in [0.05, 0.1) is 0 Å². The summed E-state index contributed by atoms with van der Waals surface area (Å²) >= 11 is 5.90. The Labute approximate surface area is 131 Å². The van der Waals surface area contributed by atoms with E-state index >= 15 is 0 Å². The van der Waals surface area contributed by atoms with Gasteiger partial charge in [-0.25, -0.2) is 4.98 Å². The van der Waals surface area contributed by atoms with Gasteiger partial charge in [0.15, 0.2) is 0 Å². The lowest BCUT2D eigenvalue weighted by atomic mass is 10.1. The highest BCUT2D eigenvalue weighted by molar-refractivity contribution is 6.30. The van der Waals surface area contributed by atoms with E-state index in [9.17, 15) is 0 Å². The van der Waals surface area contributed by atoms with Crippen LogP contribution < -0.4 is 10.1 Å². The molecule has 0 bridgehead atoms. The highest BCUT2D eigenvalue weighted by Gasteiger charge is 2.11. The number of ether oxygens (including phenoxy) is 1. The fraction of sp³-hybridized carbons (Fsp3) is 0.353. The Hall–Kier alpha value is -1.58. The van der Waals surface area contributed by atoms with Gasteiger partial charge in [-0.2, -0.15) is 0 Å². The van der Waals surface area contributed by atoms with E-state index < -0.39 is 0 Å². The monoisotopic (exact) mass is 304 g/mol. The molecule has 21 heavy (non-hydrogen) atoms. The van der Waals surface area contributed by atoms with E-state index in [1.807, 2.05) is 31.2 Å². The molecule has 2 rings (SSSR count). The molecule has 0 atom stereocenters. The second kappa shape index (κ2) is 7.43. The normalized spacial score (nSPS) is 10.7. The van der Waals surface area contributed by atoms with E-state index in [1.54, 1.807) is 0 Å². The summed E-state index contributed by atoms with van der Waals surface area (Å²) < 4.78 is 5.95. The van der Waals surface area contributed by atoms with Crippen LogP contribution >= 0.6 is 11.6 Å². The Bertz CT molecular complexity index is 596. The topological polar surface area (TPSA) is 34.2 Å². The Morgan fingerprint density at radius 2 is 1.90 bits per heavy atom. The maximum atomic E-state index is 5.95. The van der Waals surface area contributed by atoms with Gasteiger partial charge >= 0.3 is 0 Å². The maximum Gasteiger partial charge on any atom is 0.224 e. The van der Waals surface area contributed by atoms with Crippen molar-refractivity contribution < 1.29 is 4.74 Å². The molecule has 1 aromatic heterocycles.